The number of rotatable bonds is 12. The van der Waals surface area contributed by atoms with Crippen molar-refractivity contribution in [2.75, 3.05) is 31.3 Å². The topological polar surface area (TPSA) is 66.4 Å². The molecule has 0 aliphatic carbocycles. The van der Waals surface area contributed by atoms with Crippen LogP contribution >= 0.6 is 7.26 Å². The first-order valence-corrected chi connectivity index (χ1v) is 12.6. The van der Waals surface area contributed by atoms with E-state index in [1.807, 2.05) is 0 Å². The Kier molecular flexibility index (Phi) is 16.6. The molecule has 4 nitrogen and oxygen atoms in total. The number of hydrogen-bond acceptors (Lipinski definition) is 4. The van der Waals surface area contributed by atoms with Crippen LogP contribution in [0.5, 0.6) is 0 Å². The minimum atomic E-state index is -4.42. The molecule has 6 heteroatoms. The van der Waals surface area contributed by atoms with Crippen LogP contribution in [0.4, 0.5) is 0 Å². The van der Waals surface area contributed by atoms with E-state index in [1.54, 1.807) is 18.5 Å². The van der Waals surface area contributed by atoms with Gasteiger partial charge in [0, 0.05) is 7.26 Å². The molecule has 0 spiro atoms. The van der Waals surface area contributed by atoms with Gasteiger partial charge in [-0.3, -0.25) is 4.18 Å². The van der Waals surface area contributed by atoms with Crippen molar-refractivity contribution < 1.29 is 17.2 Å². The van der Waals surface area contributed by atoms with Crippen LogP contribution in [0.15, 0.2) is 0 Å². The van der Waals surface area contributed by atoms with Gasteiger partial charge in [0.05, 0.1) is 31.3 Å². The second-order valence-electron chi connectivity index (χ2n) is 5.70. The molecule has 0 radical (unpaired) electrons. The van der Waals surface area contributed by atoms with Crippen LogP contribution in [-0.2, 0) is 14.6 Å². The normalized spacial score (nSPS) is 11.9. The van der Waals surface area contributed by atoms with Crippen molar-refractivity contribution in [3.8, 4) is 0 Å². The Morgan fingerprint density at radius 3 is 1.32 bits per heavy atom. The fourth-order valence-corrected chi connectivity index (χ4v) is 7.30. The smallest absolute Gasteiger partial charge is 0.217 e. The van der Waals surface area contributed by atoms with Crippen molar-refractivity contribution in [1.29, 1.82) is 0 Å². The Hall–Kier alpha value is 0.300. The number of hydrogen-bond donors (Lipinski definition) is 0. The van der Waals surface area contributed by atoms with E-state index in [0.717, 1.165) is 0 Å². The average molecular weight is 357 g/mol. The van der Waals surface area contributed by atoms with Crippen LogP contribution in [-0.4, -0.2) is 44.2 Å². The van der Waals surface area contributed by atoms with Gasteiger partial charge in [-0.05, 0) is 33.1 Å². The van der Waals surface area contributed by atoms with Gasteiger partial charge in [0.25, 0.3) is 0 Å². The van der Waals surface area contributed by atoms with E-state index in [9.17, 15) is 13.0 Å². The van der Waals surface area contributed by atoms with Crippen LogP contribution in [0, 0.1) is 0 Å². The average Bonchev–Trinajstić information content (AvgIpc) is 2.46. The van der Waals surface area contributed by atoms with E-state index in [-0.39, 0.29) is 6.61 Å². The second kappa shape index (κ2) is 14.9. The molecule has 136 valence electrons. The molecule has 0 aliphatic heterocycles. The Balaban J connectivity index is 0. The van der Waals surface area contributed by atoms with E-state index in [2.05, 4.69) is 31.9 Å². The Morgan fingerprint density at radius 2 is 1.18 bits per heavy atom. The molecule has 0 heterocycles. The van der Waals surface area contributed by atoms with Gasteiger partial charge in [-0.2, -0.15) is 0 Å². The molecule has 0 aromatic heterocycles. The van der Waals surface area contributed by atoms with Gasteiger partial charge in [0.1, 0.15) is 0 Å². The van der Waals surface area contributed by atoms with E-state index < -0.39 is 17.7 Å². The molecule has 0 amide bonds. The van der Waals surface area contributed by atoms with Gasteiger partial charge in [-0.15, -0.1) is 0 Å². The van der Waals surface area contributed by atoms with Crippen LogP contribution in [0.25, 0.3) is 0 Å². The Labute approximate surface area is 139 Å². The lowest BCUT2D eigenvalue weighted by molar-refractivity contribution is 0.275. The molecule has 0 unspecified atom stereocenters. The van der Waals surface area contributed by atoms with E-state index in [1.165, 1.54) is 51.6 Å². The van der Waals surface area contributed by atoms with Gasteiger partial charge >= 0.3 is 0 Å². The van der Waals surface area contributed by atoms with Gasteiger partial charge in [-0.1, -0.05) is 40.0 Å². The van der Waals surface area contributed by atoms with Crippen molar-refractivity contribution in [1.82, 2.24) is 0 Å². The summed E-state index contributed by atoms with van der Waals surface area (Å²) in [5.41, 5.74) is 0. The lowest BCUT2D eigenvalue weighted by Gasteiger charge is -2.26. The minimum absolute atomic E-state index is 0.0914. The molecule has 0 aromatic rings. The maximum absolute atomic E-state index is 9.45. The summed E-state index contributed by atoms with van der Waals surface area (Å²) in [6, 6.07) is 0. The van der Waals surface area contributed by atoms with Crippen molar-refractivity contribution >= 4 is 17.7 Å². The molecule has 0 rings (SSSR count). The van der Waals surface area contributed by atoms with Gasteiger partial charge < -0.3 is 4.55 Å². The molecular formula is C16H37O4PS. The first-order valence-electron chi connectivity index (χ1n) is 8.76. The fraction of sp³-hybridized carbons (Fsp3) is 1.00. The third-order valence-corrected chi connectivity index (χ3v) is 9.55. The summed E-state index contributed by atoms with van der Waals surface area (Å²) in [4.78, 5) is 0. The molecule has 0 atom stereocenters. The molecule has 0 N–H and O–H groups in total. The van der Waals surface area contributed by atoms with Crippen LogP contribution in [0.1, 0.15) is 73.1 Å². The largest absolute Gasteiger partial charge is 0.726 e. The standard InChI is InChI=1S/C14H32P.C2H6O4S/c1-5-9-12-15(8-4,13-10-6-2)14-11-7-3;1-2-6-7(3,4)5/h5-14H2,1-4H3;2H2,1H3,(H,3,4,5)/q+1;/p-1. The van der Waals surface area contributed by atoms with Crippen molar-refractivity contribution in [2.24, 2.45) is 0 Å². The molecule has 0 bridgehead atoms. The van der Waals surface area contributed by atoms with Gasteiger partial charge in [-0.25, -0.2) is 8.42 Å². The summed E-state index contributed by atoms with van der Waals surface area (Å²) in [6.07, 6.45) is 14.9. The third-order valence-electron chi connectivity index (χ3n) is 3.89. The zero-order valence-corrected chi connectivity index (χ0v) is 17.0. The molecule has 0 aromatic carbocycles. The maximum atomic E-state index is 9.45. The van der Waals surface area contributed by atoms with E-state index in [4.69, 9.17) is 0 Å². The predicted octanol–water partition coefficient (Wildman–Crippen LogP) is 4.91. The van der Waals surface area contributed by atoms with E-state index >= 15 is 0 Å². The summed E-state index contributed by atoms with van der Waals surface area (Å²) in [5.74, 6) is 0. The molecule has 22 heavy (non-hydrogen) atoms. The zero-order valence-electron chi connectivity index (χ0n) is 15.3. The lowest BCUT2D eigenvalue weighted by Crippen LogP contribution is -2.11. The lowest BCUT2D eigenvalue weighted by atomic mass is 10.4. The SMILES string of the molecule is CCCC[P+](CC)(CCCC)CCCC.CCOS(=O)(=O)[O-]. The molecule has 0 aliphatic rings. The second-order valence-corrected chi connectivity index (χ2v) is 11.4. The first-order chi connectivity index (χ1) is 10.3. The molecule has 0 fully saturated rings. The zero-order chi connectivity index (χ0) is 17.5. The molecular weight excluding hydrogens is 319 g/mol. The van der Waals surface area contributed by atoms with Crippen LogP contribution in [0.2, 0.25) is 0 Å². The summed E-state index contributed by atoms with van der Waals surface area (Å²) in [5, 5.41) is 0. The summed E-state index contributed by atoms with van der Waals surface area (Å²) >= 11 is 0. The van der Waals surface area contributed by atoms with Gasteiger partial charge in [0.15, 0.2) is 0 Å². The third kappa shape index (κ3) is 15.2. The predicted molar refractivity (Wildman–Crippen MR) is 98.1 cm³/mol. The fourth-order valence-electron chi connectivity index (χ4n) is 2.43. The van der Waals surface area contributed by atoms with Gasteiger partial charge in [0.2, 0.25) is 10.4 Å². The quantitative estimate of drug-likeness (QED) is 0.283. The summed E-state index contributed by atoms with van der Waals surface area (Å²) in [6.45, 7) is 10.8. The first kappa shape index (κ1) is 24.6. The van der Waals surface area contributed by atoms with Crippen molar-refractivity contribution in [2.45, 2.75) is 73.1 Å². The monoisotopic (exact) mass is 356 g/mol. The highest BCUT2D eigenvalue weighted by Crippen LogP contribution is 2.60. The maximum Gasteiger partial charge on any atom is 0.217 e. The van der Waals surface area contributed by atoms with Crippen molar-refractivity contribution in [3.63, 3.8) is 0 Å². The van der Waals surface area contributed by atoms with Crippen LogP contribution in [0.3, 0.4) is 0 Å². The van der Waals surface area contributed by atoms with Crippen molar-refractivity contribution in [3.05, 3.63) is 0 Å². The summed E-state index contributed by atoms with van der Waals surface area (Å²) < 4.78 is 32.0. The minimum Gasteiger partial charge on any atom is -0.726 e. The Morgan fingerprint density at radius 1 is 0.818 bits per heavy atom. The molecule has 0 saturated carbocycles. The highest BCUT2D eigenvalue weighted by atomic mass is 32.3. The van der Waals surface area contributed by atoms with E-state index in [0.29, 0.717) is 0 Å². The van der Waals surface area contributed by atoms with Crippen LogP contribution < -0.4 is 0 Å². The Bertz CT molecular complexity index is 309. The summed E-state index contributed by atoms with van der Waals surface area (Å²) in [7, 11) is -4.95. The number of unbranched alkanes of at least 4 members (excludes halogenated alkanes) is 3. The highest BCUT2D eigenvalue weighted by Gasteiger charge is 2.32. The highest BCUT2D eigenvalue weighted by molar-refractivity contribution is 7.80. The molecule has 0 saturated heterocycles.